The first kappa shape index (κ1) is 25.4. The number of nitrogens with zero attached hydrogens (tertiary/aromatic N) is 1. The van der Waals surface area contributed by atoms with E-state index in [1.165, 1.54) is 48.5 Å². The molecular weight excluding hydrogens is 525 g/mol. The number of benzene rings is 4. The molecule has 0 amide bonds. The van der Waals surface area contributed by atoms with Crippen LogP contribution in [0.5, 0.6) is 0 Å². The van der Waals surface area contributed by atoms with Gasteiger partial charge in [-0.3, -0.25) is 4.72 Å². The molecule has 0 saturated carbocycles. The van der Waals surface area contributed by atoms with Gasteiger partial charge in [0, 0.05) is 16.3 Å². The van der Waals surface area contributed by atoms with E-state index in [1.807, 2.05) is 0 Å². The zero-order chi connectivity index (χ0) is 25.8. The van der Waals surface area contributed by atoms with Crippen molar-refractivity contribution in [2.45, 2.75) is 9.79 Å². The van der Waals surface area contributed by atoms with Gasteiger partial charge >= 0.3 is 0 Å². The van der Waals surface area contributed by atoms with Crippen LogP contribution in [-0.4, -0.2) is 22.7 Å². The van der Waals surface area contributed by atoms with Crippen molar-refractivity contribution in [3.05, 3.63) is 120 Å². The van der Waals surface area contributed by atoms with Crippen LogP contribution in [0.3, 0.4) is 0 Å². The predicted molar refractivity (Wildman–Crippen MR) is 139 cm³/mol. The molecular formula is C25H19ClFN3O4S2. The summed E-state index contributed by atoms with van der Waals surface area (Å²) in [6.07, 6.45) is 0. The minimum atomic E-state index is -4.13. The van der Waals surface area contributed by atoms with Crippen molar-refractivity contribution in [1.82, 2.24) is 0 Å². The third-order valence-electron chi connectivity index (χ3n) is 4.85. The molecule has 0 aliphatic heterocycles. The van der Waals surface area contributed by atoms with Crippen molar-refractivity contribution in [1.29, 1.82) is 0 Å². The monoisotopic (exact) mass is 543 g/mol. The van der Waals surface area contributed by atoms with Crippen molar-refractivity contribution >= 4 is 48.9 Å². The van der Waals surface area contributed by atoms with Gasteiger partial charge in [-0.05, 0) is 72.8 Å². The van der Waals surface area contributed by atoms with Gasteiger partial charge in [-0.1, -0.05) is 41.9 Å². The molecule has 0 heterocycles. The molecule has 7 nitrogen and oxygen atoms in total. The molecule has 2 N–H and O–H groups in total. The highest BCUT2D eigenvalue weighted by Gasteiger charge is 2.18. The minimum absolute atomic E-state index is 0.0338. The quantitative estimate of drug-likeness (QED) is 0.236. The largest absolute Gasteiger partial charge is 0.339 e. The van der Waals surface area contributed by atoms with Gasteiger partial charge < -0.3 is 5.32 Å². The molecule has 0 atom stereocenters. The molecule has 4 aromatic carbocycles. The molecule has 4 aromatic rings. The first-order valence-electron chi connectivity index (χ1n) is 10.4. The van der Waals surface area contributed by atoms with Crippen molar-refractivity contribution in [3.8, 4) is 0 Å². The minimum Gasteiger partial charge on any atom is -0.339 e. The van der Waals surface area contributed by atoms with Crippen molar-refractivity contribution in [2.24, 2.45) is 4.40 Å². The molecule has 0 fully saturated rings. The van der Waals surface area contributed by atoms with Crippen molar-refractivity contribution < 1.29 is 21.2 Å². The lowest BCUT2D eigenvalue weighted by Gasteiger charge is -2.13. The number of hydrogen-bond acceptors (Lipinski definition) is 4. The summed E-state index contributed by atoms with van der Waals surface area (Å²) in [6, 6.07) is 24.6. The molecule has 36 heavy (non-hydrogen) atoms. The summed E-state index contributed by atoms with van der Waals surface area (Å²) in [4.78, 5) is -0.120. The summed E-state index contributed by atoms with van der Waals surface area (Å²) in [5.41, 5.74) is 0.805. The summed E-state index contributed by atoms with van der Waals surface area (Å²) in [5.74, 6) is -0.625. The Morgan fingerprint density at radius 2 is 1.36 bits per heavy atom. The predicted octanol–water partition coefficient (Wildman–Crippen LogP) is 5.53. The Labute approximate surface area is 213 Å². The number of nitrogens with one attached hydrogen (secondary N) is 2. The Morgan fingerprint density at radius 1 is 0.722 bits per heavy atom. The summed E-state index contributed by atoms with van der Waals surface area (Å²) >= 11 is 5.94. The number of amidine groups is 1. The molecule has 0 saturated heterocycles. The Balaban J connectivity index is 1.70. The van der Waals surface area contributed by atoms with Crippen LogP contribution in [0.2, 0.25) is 5.02 Å². The number of hydrogen-bond donors (Lipinski definition) is 2. The van der Waals surface area contributed by atoms with Crippen LogP contribution in [0, 0.1) is 5.82 Å². The maximum absolute atomic E-state index is 13.5. The summed E-state index contributed by atoms with van der Waals surface area (Å²) < 4.78 is 71.5. The third-order valence-corrected chi connectivity index (χ3v) is 7.76. The third kappa shape index (κ3) is 6.28. The highest BCUT2D eigenvalue weighted by Crippen LogP contribution is 2.23. The highest BCUT2D eigenvalue weighted by molar-refractivity contribution is 7.92. The van der Waals surface area contributed by atoms with E-state index in [0.717, 1.165) is 12.1 Å². The lowest BCUT2D eigenvalue weighted by atomic mass is 10.2. The second-order valence-corrected chi connectivity index (χ2v) is 11.2. The van der Waals surface area contributed by atoms with Crippen LogP contribution >= 0.6 is 11.6 Å². The fourth-order valence-electron chi connectivity index (χ4n) is 3.16. The Hall–Kier alpha value is -3.73. The molecule has 0 aliphatic rings. The van der Waals surface area contributed by atoms with E-state index in [0.29, 0.717) is 5.02 Å². The first-order chi connectivity index (χ1) is 17.1. The highest BCUT2D eigenvalue weighted by atomic mass is 35.5. The SMILES string of the molecule is O=S(=O)(N=C(Nc1cccc(S(=O)(=O)Nc2cccc(Cl)c2)c1)c1ccc(F)cc1)c1ccccc1. The van der Waals surface area contributed by atoms with Crippen LogP contribution < -0.4 is 10.0 Å². The fourth-order valence-corrected chi connectivity index (χ4v) is 5.45. The maximum Gasteiger partial charge on any atom is 0.284 e. The van der Waals surface area contributed by atoms with Gasteiger partial charge in [-0.2, -0.15) is 8.42 Å². The standard InChI is InChI=1S/C25H19ClFN3O4S2/c26-19-6-4-8-22(16-19)29-36(33,34)24-11-5-7-21(17-24)28-25(18-12-14-20(27)15-13-18)30-35(31,32)23-9-2-1-3-10-23/h1-17,29H,(H,28,30). The molecule has 184 valence electrons. The van der Waals surface area contributed by atoms with Crippen LogP contribution in [-0.2, 0) is 20.0 Å². The molecule has 4 rings (SSSR count). The normalized spacial score (nSPS) is 12.2. The average Bonchev–Trinajstić information content (AvgIpc) is 2.84. The number of anilines is 2. The van der Waals surface area contributed by atoms with E-state index >= 15 is 0 Å². The second kappa shape index (κ2) is 10.5. The number of sulfonamides is 2. The van der Waals surface area contributed by atoms with E-state index in [-0.39, 0.29) is 32.6 Å². The van der Waals surface area contributed by atoms with E-state index in [4.69, 9.17) is 11.6 Å². The van der Waals surface area contributed by atoms with Crippen molar-refractivity contribution in [2.75, 3.05) is 10.0 Å². The topological polar surface area (TPSA) is 105 Å². The molecule has 0 unspecified atom stereocenters. The average molecular weight is 544 g/mol. The summed E-state index contributed by atoms with van der Waals surface area (Å²) in [6.45, 7) is 0. The zero-order valence-electron chi connectivity index (χ0n) is 18.5. The Kier molecular flexibility index (Phi) is 7.39. The molecule has 0 aliphatic carbocycles. The molecule has 11 heteroatoms. The van der Waals surface area contributed by atoms with Crippen LogP contribution in [0.25, 0.3) is 0 Å². The van der Waals surface area contributed by atoms with E-state index < -0.39 is 25.9 Å². The summed E-state index contributed by atoms with van der Waals surface area (Å²) in [7, 11) is -8.13. The maximum atomic E-state index is 13.5. The van der Waals surface area contributed by atoms with Crippen LogP contribution in [0.15, 0.2) is 117 Å². The second-order valence-electron chi connectivity index (χ2n) is 7.50. The van der Waals surface area contributed by atoms with Gasteiger partial charge in [-0.15, -0.1) is 4.40 Å². The van der Waals surface area contributed by atoms with E-state index in [1.54, 1.807) is 42.5 Å². The van der Waals surface area contributed by atoms with E-state index in [2.05, 4.69) is 14.4 Å². The molecule has 0 radical (unpaired) electrons. The molecule has 0 bridgehead atoms. The Bertz CT molecular complexity index is 1630. The lowest BCUT2D eigenvalue weighted by molar-refractivity contribution is 0.597. The number of rotatable bonds is 7. The number of halogens is 2. The van der Waals surface area contributed by atoms with Gasteiger partial charge in [-0.25, -0.2) is 12.8 Å². The van der Waals surface area contributed by atoms with Gasteiger partial charge in [0.1, 0.15) is 5.82 Å². The van der Waals surface area contributed by atoms with Crippen LogP contribution in [0.1, 0.15) is 5.56 Å². The smallest absolute Gasteiger partial charge is 0.284 e. The van der Waals surface area contributed by atoms with E-state index in [9.17, 15) is 21.2 Å². The van der Waals surface area contributed by atoms with Crippen molar-refractivity contribution in [3.63, 3.8) is 0 Å². The summed E-state index contributed by atoms with van der Waals surface area (Å²) in [5, 5.41) is 3.23. The fraction of sp³-hybridized carbons (Fsp3) is 0. The van der Waals surface area contributed by atoms with Gasteiger partial charge in [0.15, 0.2) is 5.84 Å². The van der Waals surface area contributed by atoms with Gasteiger partial charge in [0.25, 0.3) is 20.0 Å². The molecule has 0 aromatic heterocycles. The van der Waals surface area contributed by atoms with Crippen LogP contribution in [0.4, 0.5) is 15.8 Å². The lowest BCUT2D eigenvalue weighted by Crippen LogP contribution is -2.17. The van der Waals surface area contributed by atoms with Gasteiger partial charge in [0.05, 0.1) is 15.5 Å². The first-order valence-corrected chi connectivity index (χ1v) is 13.7. The zero-order valence-corrected chi connectivity index (χ0v) is 20.9. The van der Waals surface area contributed by atoms with Gasteiger partial charge in [0.2, 0.25) is 0 Å². The Morgan fingerprint density at radius 3 is 2.06 bits per heavy atom. The molecule has 0 spiro atoms.